The molecule has 3 aromatic carbocycles. The molecule has 1 fully saturated rings. The molecule has 0 radical (unpaired) electrons. The second-order valence-corrected chi connectivity index (χ2v) is 11.3. The van der Waals surface area contributed by atoms with Gasteiger partial charge < -0.3 is 14.6 Å². The van der Waals surface area contributed by atoms with E-state index in [1.807, 2.05) is 4.90 Å². The summed E-state index contributed by atoms with van der Waals surface area (Å²) in [6.07, 6.45) is 3.23. The van der Waals surface area contributed by atoms with Crippen LogP contribution in [0.25, 0.3) is 27.9 Å². The summed E-state index contributed by atoms with van der Waals surface area (Å²) in [7, 11) is 1.64. The average Bonchev–Trinajstić information content (AvgIpc) is 3.22. The van der Waals surface area contributed by atoms with Crippen molar-refractivity contribution in [3.8, 4) is 33.7 Å². The molecule has 0 bridgehead atoms. The predicted molar refractivity (Wildman–Crippen MR) is 152 cm³/mol. The van der Waals surface area contributed by atoms with E-state index in [0.29, 0.717) is 35.6 Å². The molecule has 5 rings (SSSR count). The van der Waals surface area contributed by atoms with Crippen LogP contribution in [0.1, 0.15) is 20.8 Å². The Morgan fingerprint density at radius 2 is 1.46 bits per heavy atom. The highest BCUT2D eigenvalue weighted by Gasteiger charge is 2.27. The summed E-state index contributed by atoms with van der Waals surface area (Å²) in [6, 6.07) is 11.9. The molecular weight excluding hydrogens is 522 g/mol. The molecule has 1 aliphatic rings. The van der Waals surface area contributed by atoms with Crippen molar-refractivity contribution in [2.45, 2.75) is 26.3 Å². The molecule has 1 saturated heterocycles. The van der Waals surface area contributed by atoms with E-state index in [0.717, 1.165) is 13.1 Å². The van der Waals surface area contributed by atoms with Crippen molar-refractivity contribution in [3.05, 3.63) is 88.1 Å². The number of benzene rings is 3. The topological polar surface area (TPSA) is 53.6 Å². The zero-order valence-electron chi connectivity index (χ0n) is 22.4. The van der Waals surface area contributed by atoms with Gasteiger partial charge in [-0.3, -0.25) is 9.47 Å². The zero-order valence-corrected chi connectivity index (χ0v) is 23.1. The summed E-state index contributed by atoms with van der Waals surface area (Å²) in [4.78, 5) is 16.7. The van der Waals surface area contributed by atoms with Crippen LogP contribution in [-0.4, -0.2) is 50.9 Å². The third kappa shape index (κ3) is 5.18. The fraction of sp³-hybridized carbons (Fsp3) is 0.300. The third-order valence-electron chi connectivity index (χ3n) is 7.37. The molecule has 0 atom stereocenters. The number of phenolic OH excluding ortho intramolecular Hbond substituents is 1. The molecule has 2 heterocycles. The number of hydrogen-bond acceptors (Lipinski definition) is 4. The van der Waals surface area contributed by atoms with E-state index in [-0.39, 0.29) is 38.9 Å². The van der Waals surface area contributed by atoms with Crippen molar-refractivity contribution >= 4 is 17.3 Å². The molecule has 0 saturated carbocycles. The second kappa shape index (κ2) is 10.2. The van der Waals surface area contributed by atoms with Crippen molar-refractivity contribution in [1.82, 2.24) is 14.0 Å². The van der Waals surface area contributed by atoms with Crippen LogP contribution in [0.5, 0.6) is 5.75 Å². The number of imidazole rings is 1. The molecule has 6 nitrogen and oxygen atoms in total. The van der Waals surface area contributed by atoms with Gasteiger partial charge in [0.1, 0.15) is 17.4 Å². The van der Waals surface area contributed by atoms with Gasteiger partial charge in [-0.2, -0.15) is 0 Å². The fourth-order valence-corrected chi connectivity index (χ4v) is 5.37. The average molecular weight is 553 g/mol. The van der Waals surface area contributed by atoms with Crippen LogP contribution in [0.2, 0.25) is 5.02 Å². The molecule has 0 aliphatic carbocycles. The quantitative estimate of drug-likeness (QED) is 0.334. The highest BCUT2D eigenvalue weighted by Crippen LogP contribution is 2.41. The van der Waals surface area contributed by atoms with Crippen molar-refractivity contribution in [1.29, 1.82) is 0 Å². The van der Waals surface area contributed by atoms with Gasteiger partial charge in [0.05, 0.1) is 16.4 Å². The van der Waals surface area contributed by atoms with Crippen molar-refractivity contribution in [3.63, 3.8) is 0 Å². The maximum absolute atomic E-state index is 14.9. The molecule has 1 aromatic heterocycles. The SMILES string of the molecule is Cn1ccn(-c2ccc(-c3cc(F)cc(-c4ccc(F)c(N5CCN(C(C)(C)C)CC5)c4)c3O)cc2Cl)c1=O. The number of rotatable bonds is 4. The number of aromatic nitrogens is 2. The first-order valence-corrected chi connectivity index (χ1v) is 13.2. The number of phenols is 1. The first-order valence-electron chi connectivity index (χ1n) is 12.8. The Balaban J connectivity index is 1.50. The van der Waals surface area contributed by atoms with E-state index in [1.54, 1.807) is 49.8 Å². The fourth-order valence-electron chi connectivity index (χ4n) is 5.10. The van der Waals surface area contributed by atoms with Gasteiger partial charge in [-0.1, -0.05) is 23.7 Å². The normalized spacial score (nSPS) is 14.7. The number of anilines is 1. The number of halogens is 3. The molecule has 0 spiro atoms. The number of nitrogens with zero attached hydrogens (tertiary/aromatic N) is 4. The lowest BCUT2D eigenvalue weighted by atomic mass is 9.96. The standard InChI is InChI=1S/C30H31ClF2N4O2/c1-30(2,3)36-12-10-35(11-13-36)27-16-20(5-7-25(27)33)23-18-21(32)17-22(28(23)38)19-6-8-26(24(31)15-19)37-14-9-34(4)29(37)39/h5-9,14-18,38H,10-13H2,1-4H3. The van der Waals surface area contributed by atoms with Crippen LogP contribution in [0, 0.1) is 11.6 Å². The Labute approximate surface area is 231 Å². The second-order valence-electron chi connectivity index (χ2n) is 10.9. The van der Waals surface area contributed by atoms with Crippen LogP contribution in [0.3, 0.4) is 0 Å². The minimum atomic E-state index is -0.554. The Morgan fingerprint density at radius 3 is 2.03 bits per heavy atom. The van der Waals surface area contributed by atoms with Gasteiger partial charge in [-0.15, -0.1) is 0 Å². The van der Waals surface area contributed by atoms with Gasteiger partial charge in [0.2, 0.25) is 0 Å². The molecule has 1 N–H and O–H groups in total. The number of hydrogen-bond donors (Lipinski definition) is 1. The lowest BCUT2D eigenvalue weighted by Gasteiger charge is -2.43. The van der Waals surface area contributed by atoms with Gasteiger partial charge in [0, 0.05) is 62.3 Å². The third-order valence-corrected chi connectivity index (χ3v) is 7.67. The lowest BCUT2D eigenvalue weighted by molar-refractivity contribution is 0.128. The number of piperazine rings is 1. The first kappa shape index (κ1) is 27.0. The van der Waals surface area contributed by atoms with E-state index >= 15 is 0 Å². The summed E-state index contributed by atoms with van der Waals surface area (Å²) in [5, 5.41) is 11.5. The first-order chi connectivity index (χ1) is 18.4. The summed E-state index contributed by atoms with van der Waals surface area (Å²) in [5.74, 6) is -1.06. The van der Waals surface area contributed by atoms with E-state index < -0.39 is 5.82 Å². The molecule has 1 aliphatic heterocycles. The molecule has 4 aromatic rings. The molecule has 9 heteroatoms. The van der Waals surface area contributed by atoms with E-state index in [2.05, 4.69) is 25.7 Å². The molecule has 204 valence electrons. The minimum Gasteiger partial charge on any atom is -0.507 e. The largest absolute Gasteiger partial charge is 0.507 e. The van der Waals surface area contributed by atoms with Crippen LogP contribution in [0.4, 0.5) is 14.5 Å². The zero-order chi connectivity index (χ0) is 28.1. The Hall–Kier alpha value is -3.62. The van der Waals surface area contributed by atoms with E-state index in [9.17, 15) is 18.7 Å². The maximum atomic E-state index is 14.9. The Kier molecular flexibility index (Phi) is 7.03. The van der Waals surface area contributed by atoms with Gasteiger partial charge in [-0.25, -0.2) is 13.6 Å². The molecule has 39 heavy (non-hydrogen) atoms. The Bertz CT molecular complexity index is 1600. The van der Waals surface area contributed by atoms with Gasteiger partial charge in [-0.05, 0) is 68.3 Å². The van der Waals surface area contributed by atoms with Crippen LogP contribution >= 0.6 is 11.6 Å². The Morgan fingerprint density at radius 1 is 0.846 bits per heavy atom. The van der Waals surface area contributed by atoms with Crippen molar-refractivity contribution in [2.75, 3.05) is 31.1 Å². The highest BCUT2D eigenvalue weighted by molar-refractivity contribution is 6.32. The number of aryl methyl sites for hydroxylation is 1. The van der Waals surface area contributed by atoms with Gasteiger partial charge in [0.15, 0.2) is 0 Å². The summed E-state index contributed by atoms with van der Waals surface area (Å²) >= 11 is 6.51. The summed E-state index contributed by atoms with van der Waals surface area (Å²) in [5.41, 5.74) is 2.14. The van der Waals surface area contributed by atoms with Crippen LogP contribution < -0.4 is 10.6 Å². The molecule has 0 amide bonds. The maximum Gasteiger partial charge on any atom is 0.332 e. The highest BCUT2D eigenvalue weighted by atomic mass is 35.5. The van der Waals surface area contributed by atoms with Crippen LogP contribution in [0.15, 0.2) is 65.7 Å². The lowest BCUT2D eigenvalue weighted by Crippen LogP contribution is -2.53. The van der Waals surface area contributed by atoms with Crippen molar-refractivity contribution < 1.29 is 13.9 Å². The van der Waals surface area contributed by atoms with Gasteiger partial charge in [0.25, 0.3) is 0 Å². The number of aromatic hydroxyl groups is 1. The smallest absolute Gasteiger partial charge is 0.332 e. The molecule has 0 unspecified atom stereocenters. The van der Waals surface area contributed by atoms with Crippen molar-refractivity contribution in [2.24, 2.45) is 7.05 Å². The van der Waals surface area contributed by atoms with E-state index in [1.165, 1.54) is 27.3 Å². The summed E-state index contributed by atoms with van der Waals surface area (Å²) in [6.45, 7) is 9.41. The van der Waals surface area contributed by atoms with Gasteiger partial charge >= 0.3 is 5.69 Å². The summed E-state index contributed by atoms with van der Waals surface area (Å²) < 4.78 is 32.7. The van der Waals surface area contributed by atoms with Crippen LogP contribution in [-0.2, 0) is 7.05 Å². The monoisotopic (exact) mass is 552 g/mol. The van der Waals surface area contributed by atoms with E-state index in [4.69, 9.17) is 11.6 Å². The molecular formula is C30H31ClF2N4O2. The predicted octanol–water partition coefficient (Wildman–Crippen LogP) is 6.07. The minimum absolute atomic E-state index is 0.0361.